The van der Waals surface area contributed by atoms with Crippen molar-refractivity contribution < 1.29 is 46.8 Å². The van der Waals surface area contributed by atoms with E-state index in [1.54, 1.807) is 60.8 Å². The summed E-state index contributed by atoms with van der Waals surface area (Å²) in [5.41, 5.74) is -1.14. The second-order valence-corrected chi connectivity index (χ2v) is 14.4. The maximum Gasteiger partial charge on any atom is 0.509 e. The summed E-state index contributed by atoms with van der Waals surface area (Å²) in [5.74, 6) is -1.92. The lowest BCUT2D eigenvalue weighted by atomic mass is 9.65. The summed E-state index contributed by atoms with van der Waals surface area (Å²) in [5, 5.41) is 2.74. The van der Waals surface area contributed by atoms with E-state index in [1.807, 2.05) is 12.1 Å². The Morgan fingerprint density at radius 1 is 0.978 bits per heavy atom. The minimum Gasteiger partial charge on any atom is -0.497 e. The summed E-state index contributed by atoms with van der Waals surface area (Å²) in [4.78, 5) is 42.7. The Labute approximate surface area is 263 Å². The number of halogens is 2. The summed E-state index contributed by atoms with van der Waals surface area (Å²) in [6.07, 6.45) is -3.66. The molecular formula is C32H47F2N3O8. The molecule has 1 aliphatic carbocycles. The molecule has 13 heteroatoms. The number of methoxy groups -OCH3 is 1. The molecule has 1 spiro atoms. The van der Waals surface area contributed by atoms with Crippen LogP contribution < -0.4 is 10.1 Å². The number of hydrogen-bond acceptors (Lipinski definition) is 9. The van der Waals surface area contributed by atoms with Gasteiger partial charge in [-0.2, -0.15) is 0 Å². The van der Waals surface area contributed by atoms with Gasteiger partial charge in [0.15, 0.2) is 12.2 Å². The lowest BCUT2D eigenvalue weighted by Gasteiger charge is -2.44. The monoisotopic (exact) mass is 639 g/mol. The molecule has 11 nitrogen and oxygen atoms in total. The molecule has 2 amide bonds. The van der Waals surface area contributed by atoms with Crippen LogP contribution in [0.15, 0.2) is 24.3 Å². The van der Waals surface area contributed by atoms with Gasteiger partial charge < -0.3 is 33.9 Å². The van der Waals surface area contributed by atoms with Gasteiger partial charge in [0.2, 0.25) is 5.92 Å². The summed E-state index contributed by atoms with van der Waals surface area (Å²) in [6.45, 7) is 12.2. The van der Waals surface area contributed by atoms with E-state index in [0.717, 1.165) is 5.56 Å². The molecule has 3 atom stereocenters. The maximum absolute atomic E-state index is 13.5. The SMILES string of the molecule is COc1ccc(C[C@@H]2[C@H](OC(=O)NCCN3CCC4(C3)CC(F)(F)C4)[C@@H](OC(=O)OC(C)(C)C)CN2C(=O)OC(C)(C)C)cc1. The van der Waals surface area contributed by atoms with Crippen LogP contribution in [0.4, 0.5) is 23.2 Å². The normalized spacial score (nSPS) is 24.1. The molecule has 2 aliphatic heterocycles. The largest absolute Gasteiger partial charge is 0.509 e. The topological polar surface area (TPSA) is 116 Å². The molecule has 0 unspecified atom stereocenters. The molecule has 2 saturated heterocycles. The maximum atomic E-state index is 13.5. The second-order valence-electron chi connectivity index (χ2n) is 14.4. The molecule has 0 radical (unpaired) electrons. The number of benzene rings is 1. The third-order valence-corrected chi connectivity index (χ3v) is 8.12. The average Bonchev–Trinajstić information content (AvgIpc) is 3.43. The van der Waals surface area contributed by atoms with Crippen LogP contribution >= 0.6 is 0 Å². The van der Waals surface area contributed by atoms with Gasteiger partial charge in [-0.25, -0.2) is 23.2 Å². The van der Waals surface area contributed by atoms with E-state index in [4.69, 9.17) is 23.7 Å². The van der Waals surface area contributed by atoms with Crippen molar-refractivity contribution in [1.29, 1.82) is 0 Å². The van der Waals surface area contributed by atoms with E-state index in [1.165, 1.54) is 4.90 Å². The van der Waals surface area contributed by atoms with Crippen molar-refractivity contribution in [2.75, 3.05) is 39.8 Å². The zero-order valence-corrected chi connectivity index (χ0v) is 27.3. The van der Waals surface area contributed by atoms with Crippen LogP contribution in [0.2, 0.25) is 0 Å². The Morgan fingerprint density at radius 3 is 2.20 bits per heavy atom. The molecule has 3 aliphatic rings. The van der Waals surface area contributed by atoms with Crippen molar-refractivity contribution in [2.24, 2.45) is 5.41 Å². The number of rotatable bonds is 8. The molecule has 45 heavy (non-hydrogen) atoms. The van der Waals surface area contributed by atoms with Crippen molar-refractivity contribution in [2.45, 2.75) is 103 Å². The molecule has 4 rings (SSSR count). The van der Waals surface area contributed by atoms with Crippen molar-refractivity contribution in [3.05, 3.63) is 29.8 Å². The summed E-state index contributed by atoms with van der Waals surface area (Å²) >= 11 is 0. The number of alkyl halides is 2. The van der Waals surface area contributed by atoms with Gasteiger partial charge >= 0.3 is 18.3 Å². The van der Waals surface area contributed by atoms with Crippen LogP contribution in [0, 0.1) is 5.41 Å². The first kappa shape index (κ1) is 34.5. The third kappa shape index (κ3) is 9.57. The number of ether oxygens (including phenoxy) is 5. The number of nitrogens with zero attached hydrogens (tertiary/aromatic N) is 2. The molecule has 1 saturated carbocycles. The number of nitrogens with one attached hydrogen (secondary N) is 1. The molecule has 1 aromatic carbocycles. The predicted octanol–water partition coefficient (Wildman–Crippen LogP) is 5.39. The fourth-order valence-corrected chi connectivity index (χ4v) is 6.31. The van der Waals surface area contributed by atoms with Crippen molar-refractivity contribution >= 4 is 18.3 Å². The van der Waals surface area contributed by atoms with E-state index in [0.29, 0.717) is 31.8 Å². The quantitative estimate of drug-likeness (QED) is 0.295. The Hall–Kier alpha value is -3.35. The smallest absolute Gasteiger partial charge is 0.497 e. The zero-order chi connectivity index (χ0) is 33.2. The lowest BCUT2D eigenvalue weighted by molar-refractivity contribution is -0.155. The van der Waals surface area contributed by atoms with Gasteiger partial charge in [-0.15, -0.1) is 0 Å². The number of hydrogen-bond donors (Lipinski definition) is 1. The lowest BCUT2D eigenvalue weighted by Crippen LogP contribution is -2.48. The zero-order valence-electron chi connectivity index (χ0n) is 27.3. The molecule has 1 N–H and O–H groups in total. The first-order valence-electron chi connectivity index (χ1n) is 15.4. The molecule has 252 valence electrons. The van der Waals surface area contributed by atoms with E-state index in [9.17, 15) is 23.2 Å². The highest BCUT2D eigenvalue weighted by Gasteiger charge is 2.58. The number of carbonyl (C=O) groups is 3. The van der Waals surface area contributed by atoms with Crippen LogP contribution in [0.3, 0.4) is 0 Å². The van der Waals surface area contributed by atoms with Crippen molar-refractivity contribution in [3.8, 4) is 5.75 Å². The molecule has 3 fully saturated rings. The highest BCUT2D eigenvalue weighted by atomic mass is 19.3. The Bertz CT molecular complexity index is 1210. The Kier molecular flexibility index (Phi) is 10.1. The molecule has 0 bridgehead atoms. The van der Waals surface area contributed by atoms with Gasteiger partial charge in [-0.3, -0.25) is 4.90 Å². The highest BCUT2D eigenvalue weighted by Crippen LogP contribution is 2.56. The summed E-state index contributed by atoms with van der Waals surface area (Å²) in [6, 6.07) is 6.50. The minimum atomic E-state index is -2.58. The number of carbonyl (C=O) groups excluding carboxylic acids is 3. The number of alkyl carbamates (subject to hydrolysis) is 1. The van der Waals surface area contributed by atoms with Crippen molar-refractivity contribution in [3.63, 3.8) is 0 Å². The van der Waals surface area contributed by atoms with E-state index in [2.05, 4.69) is 10.2 Å². The minimum absolute atomic E-state index is 0.0869. The van der Waals surface area contributed by atoms with Gasteiger partial charge in [0.05, 0.1) is 19.7 Å². The fourth-order valence-electron chi connectivity index (χ4n) is 6.31. The molecular weight excluding hydrogens is 592 g/mol. The van der Waals surface area contributed by atoms with Gasteiger partial charge in [-0.1, -0.05) is 12.1 Å². The highest BCUT2D eigenvalue weighted by molar-refractivity contribution is 5.71. The molecule has 1 aromatic rings. The van der Waals surface area contributed by atoms with E-state index < -0.39 is 53.7 Å². The van der Waals surface area contributed by atoms with Gasteiger partial charge in [0.1, 0.15) is 17.0 Å². The average molecular weight is 640 g/mol. The standard InChI is InChI=1S/C32H47F2N3O8/c1-29(2,3)44-27(39)37-17-24(42-28(40)45-30(4,5)6)25(23(37)16-21-8-10-22(41-7)11-9-21)43-26(38)35-13-15-36-14-12-31(20-36)18-32(33,34)19-31/h8-11,23-25H,12-20H2,1-7H3,(H,35,38)/t23-,24+,25+/m1/s1. The van der Waals surface area contributed by atoms with Gasteiger partial charge in [0.25, 0.3) is 0 Å². The van der Waals surface area contributed by atoms with Crippen LogP contribution in [-0.2, 0) is 25.4 Å². The second kappa shape index (κ2) is 13.2. The van der Waals surface area contributed by atoms with Crippen LogP contribution in [0.5, 0.6) is 5.75 Å². The molecule has 2 heterocycles. The Morgan fingerprint density at radius 2 is 1.62 bits per heavy atom. The number of likely N-dealkylation sites (tertiary alicyclic amines) is 2. The van der Waals surface area contributed by atoms with E-state index >= 15 is 0 Å². The summed E-state index contributed by atoms with van der Waals surface area (Å²) in [7, 11) is 1.56. The first-order valence-corrected chi connectivity index (χ1v) is 15.4. The number of amides is 2. The Balaban J connectivity index is 1.48. The third-order valence-electron chi connectivity index (χ3n) is 8.12. The van der Waals surface area contributed by atoms with Crippen LogP contribution in [-0.4, -0.2) is 103 Å². The van der Waals surface area contributed by atoms with Crippen LogP contribution in [0.25, 0.3) is 0 Å². The first-order chi connectivity index (χ1) is 20.9. The predicted molar refractivity (Wildman–Crippen MR) is 160 cm³/mol. The van der Waals surface area contributed by atoms with Gasteiger partial charge in [-0.05, 0) is 84.0 Å². The fraction of sp³-hybridized carbons (Fsp3) is 0.719. The van der Waals surface area contributed by atoms with Gasteiger partial charge in [0, 0.05) is 32.5 Å². The van der Waals surface area contributed by atoms with Crippen LogP contribution in [0.1, 0.15) is 66.4 Å². The van der Waals surface area contributed by atoms with E-state index in [-0.39, 0.29) is 37.8 Å². The molecule has 0 aromatic heterocycles. The van der Waals surface area contributed by atoms with Crippen molar-refractivity contribution in [1.82, 2.24) is 15.1 Å². The summed E-state index contributed by atoms with van der Waals surface area (Å²) < 4.78 is 54.8.